The van der Waals surface area contributed by atoms with Crippen molar-refractivity contribution >= 4 is 77.7 Å². The summed E-state index contributed by atoms with van der Waals surface area (Å²) in [6, 6.07) is 146. The molecule has 16 aromatic carbocycles. The van der Waals surface area contributed by atoms with Gasteiger partial charge in [-0.15, -0.1) is 0 Å². The fourth-order valence-corrected chi connectivity index (χ4v) is 15.5. The van der Waals surface area contributed by atoms with E-state index in [1.54, 1.807) is 0 Å². The lowest BCUT2D eigenvalue weighted by molar-refractivity contribution is 1.07. The molecule has 0 aliphatic rings. The van der Waals surface area contributed by atoms with Crippen LogP contribution >= 0.6 is 0 Å². The monoisotopic (exact) mass is 1450 g/mol. The van der Waals surface area contributed by atoms with Crippen LogP contribution in [-0.2, 0) is 0 Å². The molecule has 4 heterocycles. The lowest BCUT2D eigenvalue weighted by Gasteiger charge is -2.27. The van der Waals surface area contributed by atoms with Crippen molar-refractivity contribution < 1.29 is 0 Å². The molecule has 0 radical (unpaired) electrons. The Kier molecular flexibility index (Phi) is 18.4. The Morgan fingerprint density at radius 3 is 0.885 bits per heavy atom. The van der Waals surface area contributed by atoms with Gasteiger partial charge in [0, 0.05) is 89.0 Å². The molecule has 4 aromatic heterocycles. The Labute approximate surface area is 655 Å². The highest BCUT2D eigenvalue weighted by Gasteiger charge is 2.25. The van der Waals surface area contributed by atoms with Crippen molar-refractivity contribution in [3.05, 3.63) is 424 Å². The zero-order chi connectivity index (χ0) is 75.4. The number of para-hydroxylation sites is 4. The summed E-state index contributed by atoms with van der Waals surface area (Å²) < 4.78 is 4.72. The van der Waals surface area contributed by atoms with E-state index in [-0.39, 0.29) is 0 Å². The maximum atomic E-state index is 4.97. The Balaban J connectivity index is 0.000000152. The second-order valence-corrected chi connectivity index (χ2v) is 27.8. The van der Waals surface area contributed by atoms with Crippen LogP contribution in [0.25, 0.3) is 146 Å². The third-order valence-corrected chi connectivity index (χ3v) is 20.8. The van der Waals surface area contributed by atoms with Gasteiger partial charge in [-0.2, -0.15) is 0 Å². The highest BCUT2D eigenvalue weighted by atomic mass is 15.2. The van der Waals surface area contributed by atoms with E-state index in [0.717, 1.165) is 101 Å². The molecule has 20 rings (SSSR count). The van der Waals surface area contributed by atoms with Gasteiger partial charge in [0.05, 0.1) is 33.4 Å². The van der Waals surface area contributed by atoms with E-state index in [0.29, 0.717) is 34.9 Å². The maximum Gasteiger partial charge on any atom is 0.164 e. The van der Waals surface area contributed by atoms with Gasteiger partial charge in [0.25, 0.3) is 0 Å². The largest absolute Gasteiger partial charge is 0.310 e. The SMILES string of the molecule is Cc1ccccc1-c1ccc(N(c2ccccc2)c2cccc3c2c2ccccc2n3-c2ccc(-c3nc(-c4ccccc4)nc(-c4ccccc4)n3)cc2)cc1.c1ccc(-c2cccc(N(c3ccccc3)c3cccc4c3c3ccccc3n4-c3ccc(-c4nc(-c5ccccc5)nc(-c5ccccc5)n4)cc3)c2)cc1. The normalized spacial score (nSPS) is 11.2. The number of hydrogen-bond acceptors (Lipinski definition) is 8. The summed E-state index contributed by atoms with van der Waals surface area (Å²) in [5.74, 6) is 3.84. The minimum atomic E-state index is 0.630. The number of nitrogens with zero attached hydrogens (tertiary/aromatic N) is 10. The van der Waals surface area contributed by atoms with Gasteiger partial charge in [0.1, 0.15) is 0 Å². The summed E-state index contributed by atoms with van der Waals surface area (Å²) in [5.41, 5.74) is 24.9. The first kappa shape index (κ1) is 68.3. The van der Waals surface area contributed by atoms with Crippen molar-refractivity contribution in [3.63, 3.8) is 0 Å². The van der Waals surface area contributed by atoms with Gasteiger partial charge in [-0.25, -0.2) is 29.9 Å². The first-order valence-electron chi connectivity index (χ1n) is 38.0. The molecule has 0 aliphatic heterocycles. The van der Waals surface area contributed by atoms with Crippen molar-refractivity contribution in [2.45, 2.75) is 6.92 Å². The van der Waals surface area contributed by atoms with Crippen molar-refractivity contribution in [2.75, 3.05) is 9.80 Å². The number of aryl methyl sites for hydroxylation is 1. The third-order valence-electron chi connectivity index (χ3n) is 20.8. The van der Waals surface area contributed by atoms with E-state index in [2.05, 4.69) is 323 Å². The molecule has 0 aliphatic carbocycles. The van der Waals surface area contributed by atoms with Crippen LogP contribution in [0, 0.1) is 6.92 Å². The summed E-state index contributed by atoms with van der Waals surface area (Å²) in [7, 11) is 0. The van der Waals surface area contributed by atoms with Crippen LogP contribution in [0.15, 0.2) is 419 Å². The topological polar surface area (TPSA) is 93.7 Å². The third kappa shape index (κ3) is 13.5. The first-order chi connectivity index (χ1) is 56.0. The minimum absolute atomic E-state index is 0.630. The molecular formula is C103H72N10. The Bertz CT molecular complexity index is 6650. The van der Waals surface area contributed by atoms with Crippen molar-refractivity contribution in [1.29, 1.82) is 0 Å². The molecule has 0 bridgehead atoms. The second kappa shape index (κ2) is 30.4. The molecule has 0 N–H and O–H groups in total. The van der Waals surface area contributed by atoms with E-state index >= 15 is 0 Å². The van der Waals surface area contributed by atoms with Gasteiger partial charge < -0.3 is 18.9 Å². The molecular weight excluding hydrogens is 1380 g/mol. The van der Waals surface area contributed by atoms with Crippen LogP contribution in [0.2, 0.25) is 0 Å². The van der Waals surface area contributed by atoms with Gasteiger partial charge in [0.15, 0.2) is 34.9 Å². The fraction of sp³-hybridized carbons (Fsp3) is 0.00971. The van der Waals surface area contributed by atoms with Crippen LogP contribution in [0.5, 0.6) is 0 Å². The molecule has 0 saturated heterocycles. The lowest BCUT2D eigenvalue weighted by Crippen LogP contribution is -2.10. The molecule has 10 nitrogen and oxygen atoms in total. The van der Waals surface area contributed by atoms with Gasteiger partial charge in [-0.1, -0.05) is 285 Å². The van der Waals surface area contributed by atoms with Gasteiger partial charge >= 0.3 is 0 Å². The predicted molar refractivity (Wildman–Crippen MR) is 466 cm³/mol. The number of hydrogen-bond donors (Lipinski definition) is 0. The molecule has 0 unspecified atom stereocenters. The molecule has 20 aromatic rings. The van der Waals surface area contributed by atoms with Crippen LogP contribution in [0.1, 0.15) is 5.56 Å². The molecule has 0 atom stereocenters. The summed E-state index contributed by atoms with van der Waals surface area (Å²) in [6.45, 7) is 2.17. The molecule has 0 spiro atoms. The Morgan fingerprint density at radius 2 is 0.487 bits per heavy atom. The predicted octanol–water partition coefficient (Wildman–Crippen LogP) is 26.5. The Morgan fingerprint density at radius 1 is 0.204 bits per heavy atom. The van der Waals surface area contributed by atoms with Crippen LogP contribution in [0.4, 0.5) is 34.1 Å². The molecule has 0 amide bonds. The van der Waals surface area contributed by atoms with Crippen LogP contribution < -0.4 is 9.80 Å². The summed E-state index contributed by atoms with van der Waals surface area (Å²) in [6.07, 6.45) is 0. The fourth-order valence-electron chi connectivity index (χ4n) is 15.5. The van der Waals surface area contributed by atoms with E-state index in [9.17, 15) is 0 Å². The van der Waals surface area contributed by atoms with E-state index < -0.39 is 0 Å². The van der Waals surface area contributed by atoms with E-state index in [1.807, 2.05) is 121 Å². The van der Waals surface area contributed by atoms with E-state index in [1.165, 1.54) is 49.4 Å². The minimum Gasteiger partial charge on any atom is -0.310 e. The average Bonchev–Trinajstić information content (AvgIpc) is 1.59. The van der Waals surface area contributed by atoms with Gasteiger partial charge in [-0.05, 0) is 168 Å². The van der Waals surface area contributed by atoms with Crippen molar-refractivity contribution in [2.24, 2.45) is 0 Å². The zero-order valence-corrected chi connectivity index (χ0v) is 61.8. The average molecular weight is 1450 g/mol. The summed E-state index contributed by atoms with van der Waals surface area (Å²) >= 11 is 0. The van der Waals surface area contributed by atoms with E-state index in [4.69, 9.17) is 29.9 Å². The number of fused-ring (bicyclic) bond motifs is 6. The highest BCUT2D eigenvalue weighted by molar-refractivity contribution is 6.18. The Hall–Kier alpha value is -15.3. The number of benzene rings is 16. The highest BCUT2D eigenvalue weighted by Crippen LogP contribution is 2.47. The number of aromatic nitrogens is 8. The molecule has 534 valence electrons. The van der Waals surface area contributed by atoms with Gasteiger partial charge in [-0.3, -0.25) is 0 Å². The quantitative estimate of drug-likeness (QED) is 0.0944. The smallest absolute Gasteiger partial charge is 0.164 e. The zero-order valence-electron chi connectivity index (χ0n) is 61.8. The first-order valence-corrected chi connectivity index (χ1v) is 38.0. The molecule has 113 heavy (non-hydrogen) atoms. The number of rotatable bonds is 16. The molecule has 0 fully saturated rings. The van der Waals surface area contributed by atoms with Crippen molar-refractivity contribution in [3.8, 4) is 102 Å². The second-order valence-electron chi connectivity index (χ2n) is 27.8. The standard InChI is InChI=1S/C52H37N5.C51H35N5/c1-36-16-11-12-23-44(36)37-28-32-42(33-29-37)56(41-21-9-4-10-22-41)47-26-15-27-48-49(47)45-24-13-14-25-46(45)57(48)43-34-30-40(31-35-43)52-54-50(38-17-5-2-6-18-38)53-51(55-52)39-19-7-3-8-20-39;1-5-17-36(18-6-1)40-23-15-26-43(35-40)55(41-24-11-4-12-25-41)46-29-16-30-47-48(46)44-27-13-14-28-45(44)56(47)42-33-31-39(32-34-42)51-53-49(37-19-7-2-8-20-37)52-50(54-51)38-21-9-3-10-22-38/h2-35H,1H3;1-35H. The number of anilines is 6. The maximum absolute atomic E-state index is 4.97. The summed E-state index contributed by atoms with van der Waals surface area (Å²) in [5, 5.41) is 4.72. The van der Waals surface area contributed by atoms with Gasteiger partial charge in [0.2, 0.25) is 0 Å². The molecule has 10 heteroatoms. The summed E-state index contributed by atoms with van der Waals surface area (Å²) in [4.78, 5) is 34.4. The van der Waals surface area contributed by atoms with Crippen molar-refractivity contribution in [1.82, 2.24) is 39.0 Å². The van der Waals surface area contributed by atoms with Crippen LogP contribution in [0.3, 0.4) is 0 Å². The van der Waals surface area contributed by atoms with Crippen LogP contribution in [-0.4, -0.2) is 39.0 Å². The lowest BCUT2D eigenvalue weighted by atomic mass is 10.00. The molecule has 0 saturated carbocycles.